The van der Waals surface area contributed by atoms with Gasteiger partial charge >= 0.3 is 0 Å². The normalized spacial score (nSPS) is 10.8. The molecule has 0 unspecified atom stereocenters. The number of rotatable bonds is 2. The Balaban J connectivity index is 2.52. The maximum Gasteiger partial charge on any atom is 0.140 e. The minimum atomic E-state index is 0.0239. The van der Waals surface area contributed by atoms with Gasteiger partial charge in [0.2, 0.25) is 0 Å². The second kappa shape index (κ2) is 4.06. The number of aliphatic hydroxyl groups is 1. The molecule has 0 saturated carbocycles. The van der Waals surface area contributed by atoms with Crippen LogP contribution < -0.4 is 0 Å². The van der Waals surface area contributed by atoms with Gasteiger partial charge in [0.1, 0.15) is 12.1 Å². The van der Waals surface area contributed by atoms with Gasteiger partial charge < -0.3 is 5.11 Å². The zero-order valence-corrected chi connectivity index (χ0v) is 9.73. The van der Waals surface area contributed by atoms with Crippen LogP contribution in [0.3, 0.4) is 0 Å². The predicted molar refractivity (Wildman–Crippen MR) is 61.5 cm³/mol. The zero-order valence-electron chi connectivity index (χ0n) is 9.73. The predicted octanol–water partition coefficient (Wildman–Crippen LogP) is 1.68. The summed E-state index contributed by atoms with van der Waals surface area (Å²) in [5, 5.41) is 9.02. The van der Waals surface area contributed by atoms with Gasteiger partial charge in [-0.1, -0.05) is 0 Å². The molecule has 0 bridgehead atoms. The van der Waals surface area contributed by atoms with Crippen LogP contribution in [0.4, 0.5) is 0 Å². The van der Waals surface area contributed by atoms with E-state index in [9.17, 15) is 0 Å². The van der Waals surface area contributed by atoms with E-state index in [1.54, 1.807) is 12.5 Å². The molecule has 2 rings (SSSR count). The van der Waals surface area contributed by atoms with Crippen LogP contribution in [0.25, 0.3) is 5.82 Å². The van der Waals surface area contributed by atoms with Gasteiger partial charge in [-0.2, -0.15) is 0 Å². The summed E-state index contributed by atoms with van der Waals surface area (Å²) in [5.41, 5.74) is 3.96. The van der Waals surface area contributed by atoms with Crippen molar-refractivity contribution in [3.8, 4) is 5.82 Å². The highest BCUT2D eigenvalue weighted by Crippen LogP contribution is 2.16. The lowest BCUT2D eigenvalue weighted by Crippen LogP contribution is -2.02. The fourth-order valence-corrected chi connectivity index (χ4v) is 1.68. The molecule has 0 fully saturated rings. The maximum absolute atomic E-state index is 9.02. The first-order valence-electron chi connectivity index (χ1n) is 5.20. The molecular formula is C12H15N3O. The van der Waals surface area contributed by atoms with E-state index in [2.05, 4.69) is 9.97 Å². The molecule has 0 aliphatic rings. The van der Waals surface area contributed by atoms with Crippen LogP contribution in [-0.2, 0) is 6.61 Å². The third kappa shape index (κ3) is 1.72. The van der Waals surface area contributed by atoms with Crippen molar-refractivity contribution in [2.24, 2.45) is 0 Å². The van der Waals surface area contributed by atoms with Crippen LogP contribution in [0.1, 0.15) is 22.5 Å². The van der Waals surface area contributed by atoms with E-state index in [1.165, 1.54) is 0 Å². The van der Waals surface area contributed by atoms with Crippen LogP contribution >= 0.6 is 0 Å². The highest BCUT2D eigenvalue weighted by Gasteiger charge is 2.08. The summed E-state index contributed by atoms with van der Waals surface area (Å²) in [4.78, 5) is 8.61. The molecule has 4 heteroatoms. The van der Waals surface area contributed by atoms with Crippen LogP contribution in [0.15, 0.2) is 18.6 Å². The Kier molecular flexibility index (Phi) is 2.75. The smallest absolute Gasteiger partial charge is 0.140 e. The summed E-state index contributed by atoms with van der Waals surface area (Å²) in [6.07, 6.45) is 3.47. The Morgan fingerprint density at radius 2 is 2.00 bits per heavy atom. The molecule has 1 N–H and O–H groups in total. The lowest BCUT2D eigenvalue weighted by Gasteiger charge is -2.08. The van der Waals surface area contributed by atoms with Crippen LogP contribution in [0, 0.1) is 20.8 Å². The first-order chi connectivity index (χ1) is 7.63. The molecule has 0 aromatic carbocycles. The molecule has 84 valence electrons. The Hall–Kier alpha value is -1.68. The minimum absolute atomic E-state index is 0.0239. The molecule has 16 heavy (non-hydrogen) atoms. The number of aryl methyl sites for hydroxylation is 2. The standard InChI is InChI=1S/C12H15N3O/c1-8-4-11(6-16)5-13-12(8)15-7-14-9(2)10(15)3/h4-5,7,16H,6H2,1-3H3. The van der Waals surface area contributed by atoms with Crippen molar-refractivity contribution in [3.05, 3.63) is 41.1 Å². The third-order valence-electron chi connectivity index (χ3n) is 2.77. The first kappa shape index (κ1) is 10.8. The maximum atomic E-state index is 9.02. The molecule has 0 saturated heterocycles. The van der Waals surface area contributed by atoms with E-state index in [4.69, 9.17) is 5.11 Å². The molecule has 0 spiro atoms. The molecule has 2 heterocycles. The van der Waals surface area contributed by atoms with Gasteiger partial charge in [0, 0.05) is 11.9 Å². The monoisotopic (exact) mass is 217 g/mol. The second-order valence-corrected chi connectivity index (χ2v) is 3.93. The minimum Gasteiger partial charge on any atom is -0.392 e. The molecule has 2 aromatic rings. The fourth-order valence-electron chi connectivity index (χ4n) is 1.68. The zero-order chi connectivity index (χ0) is 11.7. The molecule has 4 nitrogen and oxygen atoms in total. The van der Waals surface area contributed by atoms with Crippen LogP contribution in [0.5, 0.6) is 0 Å². The fraction of sp³-hybridized carbons (Fsp3) is 0.333. The number of pyridine rings is 1. The highest BCUT2D eigenvalue weighted by atomic mass is 16.3. The van der Waals surface area contributed by atoms with Crippen LogP contribution in [-0.4, -0.2) is 19.6 Å². The van der Waals surface area contributed by atoms with Crippen molar-refractivity contribution in [1.82, 2.24) is 14.5 Å². The van der Waals surface area contributed by atoms with Gasteiger partial charge in [-0.3, -0.25) is 4.57 Å². The van der Waals surface area contributed by atoms with Gasteiger partial charge in [-0.25, -0.2) is 9.97 Å². The van der Waals surface area contributed by atoms with Gasteiger partial charge in [-0.15, -0.1) is 0 Å². The third-order valence-corrected chi connectivity index (χ3v) is 2.77. The number of hydrogen-bond donors (Lipinski definition) is 1. The summed E-state index contributed by atoms with van der Waals surface area (Å²) in [7, 11) is 0. The summed E-state index contributed by atoms with van der Waals surface area (Å²) in [6.45, 7) is 6.00. The van der Waals surface area contributed by atoms with E-state index >= 15 is 0 Å². The van der Waals surface area contributed by atoms with E-state index in [0.717, 1.165) is 28.3 Å². The molecular weight excluding hydrogens is 202 g/mol. The van der Waals surface area contributed by atoms with Crippen molar-refractivity contribution < 1.29 is 5.11 Å². The van der Waals surface area contributed by atoms with Crippen LogP contribution in [0.2, 0.25) is 0 Å². The number of nitrogens with zero attached hydrogens (tertiary/aromatic N) is 3. The molecule has 0 aliphatic heterocycles. The lowest BCUT2D eigenvalue weighted by atomic mass is 10.2. The van der Waals surface area contributed by atoms with Crippen molar-refractivity contribution in [2.45, 2.75) is 27.4 Å². The van der Waals surface area contributed by atoms with Crippen molar-refractivity contribution in [2.75, 3.05) is 0 Å². The molecule has 0 radical (unpaired) electrons. The summed E-state index contributed by atoms with van der Waals surface area (Å²) >= 11 is 0. The number of imidazole rings is 1. The molecule has 2 aromatic heterocycles. The van der Waals surface area contributed by atoms with Gasteiger partial charge in [0.25, 0.3) is 0 Å². The Labute approximate surface area is 94.6 Å². The Morgan fingerprint density at radius 3 is 2.50 bits per heavy atom. The van der Waals surface area contributed by atoms with Crippen molar-refractivity contribution in [3.63, 3.8) is 0 Å². The van der Waals surface area contributed by atoms with Crippen molar-refractivity contribution >= 4 is 0 Å². The van der Waals surface area contributed by atoms with E-state index < -0.39 is 0 Å². The largest absolute Gasteiger partial charge is 0.392 e. The summed E-state index contributed by atoms with van der Waals surface area (Å²) in [5.74, 6) is 0.871. The average molecular weight is 217 g/mol. The van der Waals surface area contributed by atoms with E-state index in [1.807, 2.05) is 31.4 Å². The highest BCUT2D eigenvalue weighted by molar-refractivity contribution is 5.37. The quantitative estimate of drug-likeness (QED) is 0.832. The number of aromatic nitrogens is 3. The molecule has 0 amide bonds. The van der Waals surface area contributed by atoms with E-state index in [-0.39, 0.29) is 6.61 Å². The molecule has 0 atom stereocenters. The number of aliphatic hydroxyl groups excluding tert-OH is 1. The van der Waals surface area contributed by atoms with Gasteiger partial charge in [0.15, 0.2) is 0 Å². The van der Waals surface area contributed by atoms with Crippen molar-refractivity contribution in [1.29, 1.82) is 0 Å². The Bertz CT molecular complexity index is 517. The average Bonchev–Trinajstić information content (AvgIpc) is 2.60. The summed E-state index contributed by atoms with van der Waals surface area (Å²) < 4.78 is 1.96. The topological polar surface area (TPSA) is 50.9 Å². The first-order valence-corrected chi connectivity index (χ1v) is 5.20. The lowest BCUT2D eigenvalue weighted by molar-refractivity contribution is 0.281. The van der Waals surface area contributed by atoms with Gasteiger partial charge in [-0.05, 0) is 38.0 Å². The molecule has 0 aliphatic carbocycles. The Morgan fingerprint density at radius 1 is 1.25 bits per heavy atom. The van der Waals surface area contributed by atoms with E-state index in [0.29, 0.717) is 0 Å². The number of hydrogen-bond acceptors (Lipinski definition) is 3. The summed E-state index contributed by atoms with van der Waals surface area (Å²) in [6, 6.07) is 1.94. The van der Waals surface area contributed by atoms with Gasteiger partial charge in [0.05, 0.1) is 12.3 Å². The second-order valence-electron chi connectivity index (χ2n) is 3.93. The SMILES string of the molecule is Cc1cc(CO)cnc1-n1cnc(C)c1C.